The molecular weight excluding hydrogens is 348 g/mol. The van der Waals surface area contributed by atoms with Crippen LogP contribution in [0.4, 0.5) is 0 Å². The van der Waals surface area contributed by atoms with Gasteiger partial charge in [-0.25, -0.2) is 0 Å². The molecule has 0 atom stereocenters. The van der Waals surface area contributed by atoms with Gasteiger partial charge in [-0.1, -0.05) is 11.2 Å². The van der Waals surface area contributed by atoms with Crippen molar-refractivity contribution in [1.29, 1.82) is 0 Å². The van der Waals surface area contributed by atoms with Gasteiger partial charge in [0.15, 0.2) is 11.5 Å². The molecule has 146 valence electrons. The number of carbonyl (C=O) groups is 1. The molecule has 3 rings (SSSR count). The minimum Gasteiger partial charge on any atom is -0.493 e. The summed E-state index contributed by atoms with van der Waals surface area (Å²) in [5.41, 5.74) is 0. The molecule has 1 amide bonds. The molecule has 0 saturated heterocycles. The first-order valence-corrected chi connectivity index (χ1v) is 9.26. The monoisotopic (exact) mass is 374 g/mol. The molecule has 27 heavy (non-hydrogen) atoms. The Morgan fingerprint density at radius 1 is 1.15 bits per heavy atom. The molecule has 0 radical (unpaired) electrons. The minimum atomic E-state index is 0.0465. The number of benzene rings is 1. The van der Waals surface area contributed by atoms with E-state index in [9.17, 15) is 4.79 Å². The lowest BCUT2D eigenvalue weighted by molar-refractivity contribution is -0.122. The van der Waals surface area contributed by atoms with Gasteiger partial charge in [-0.15, -0.1) is 0 Å². The zero-order chi connectivity index (χ0) is 19.1. The number of para-hydroxylation sites is 1. The van der Waals surface area contributed by atoms with Crippen molar-refractivity contribution in [2.45, 2.75) is 50.7 Å². The Morgan fingerprint density at radius 3 is 2.59 bits per heavy atom. The van der Waals surface area contributed by atoms with Crippen molar-refractivity contribution in [2.75, 3.05) is 14.2 Å². The predicted octanol–water partition coefficient (Wildman–Crippen LogP) is 3.13. The van der Waals surface area contributed by atoms with Crippen LogP contribution in [-0.2, 0) is 11.2 Å². The van der Waals surface area contributed by atoms with E-state index in [1.807, 2.05) is 18.2 Å². The van der Waals surface area contributed by atoms with Crippen LogP contribution in [0.5, 0.6) is 17.2 Å². The number of carbonyl (C=O) groups excluding carboxylic acids is 1. The van der Waals surface area contributed by atoms with Gasteiger partial charge in [0.2, 0.25) is 11.7 Å². The summed E-state index contributed by atoms with van der Waals surface area (Å²) in [5.74, 6) is 2.74. The number of ether oxygens (including phenoxy) is 3. The fraction of sp³-hybridized carbons (Fsp3) is 0.500. The molecule has 1 aliphatic carbocycles. The van der Waals surface area contributed by atoms with Crippen LogP contribution in [0.1, 0.15) is 37.9 Å². The summed E-state index contributed by atoms with van der Waals surface area (Å²) in [4.78, 5) is 12.1. The molecular formula is C20H26N2O5. The summed E-state index contributed by atoms with van der Waals surface area (Å²) in [6.45, 7) is 0. The molecule has 2 aromatic rings. The van der Waals surface area contributed by atoms with Crippen molar-refractivity contribution in [3.8, 4) is 17.2 Å². The van der Waals surface area contributed by atoms with Crippen LogP contribution in [0, 0.1) is 0 Å². The third kappa shape index (κ3) is 5.15. The van der Waals surface area contributed by atoms with Crippen LogP contribution in [0.15, 0.2) is 35.0 Å². The predicted molar refractivity (Wildman–Crippen MR) is 99.2 cm³/mol. The first kappa shape index (κ1) is 19.1. The normalized spacial score (nSPS) is 19.3. The summed E-state index contributed by atoms with van der Waals surface area (Å²) in [6, 6.07) is 7.59. The van der Waals surface area contributed by atoms with E-state index < -0.39 is 0 Å². The van der Waals surface area contributed by atoms with Crippen LogP contribution in [0.2, 0.25) is 0 Å². The first-order chi connectivity index (χ1) is 13.2. The molecule has 1 saturated carbocycles. The maximum Gasteiger partial charge on any atom is 0.220 e. The first-order valence-electron chi connectivity index (χ1n) is 9.26. The molecule has 1 heterocycles. The molecule has 7 nitrogen and oxygen atoms in total. The van der Waals surface area contributed by atoms with E-state index >= 15 is 0 Å². The Balaban J connectivity index is 1.44. The van der Waals surface area contributed by atoms with Crippen LogP contribution < -0.4 is 19.5 Å². The number of aromatic nitrogens is 1. The van der Waals surface area contributed by atoms with E-state index in [-0.39, 0.29) is 18.1 Å². The molecule has 1 fully saturated rings. The second-order valence-corrected chi connectivity index (χ2v) is 6.63. The Bertz CT molecular complexity index is 724. The topological polar surface area (TPSA) is 82.8 Å². The van der Waals surface area contributed by atoms with Gasteiger partial charge in [-0.05, 0) is 37.8 Å². The quantitative estimate of drug-likeness (QED) is 0.764. The average Bonchev–Trinajstić information content (AvgIpc) is 3.21. The molecule has 1 aromatic carbocycles. The van der Waals surface area contributed by atoms with Gasteiger partial charge in [0, 0.05) is 24.9 Å². The van der Waals surface area contributed by atoms with Gasteiger partial charge in [0.1, 0.15) is 5.76 Å². The van der Waals surface area contributed by atoms with Crippen LogP contribution in [0.3, 0.4) is 0 Å². The van der Waals surface area contributed by atoms with Crippen LogP contribution in [-0.4, -0.2) is 37.4 Å². The lowest BCUT2D eigenvalue weighted by Gasteiger charge is -2.30. The van der Waals surface area contributed by atoms with E-state index in [1.165, 1.54) is 0 Å². The molecule has 1 aliphatic rings. The summed E-state index contributed by atoms with van der Waals surface area (Å²) in [7, 11) is 3.22. The largest absolute Gasteiger partial charge is 0.493 e. The number of hydrogen-bond donors (Lipinski definition) is 1. The van der Waals surface area contributed by atoms with Gasteiger partial charge in [-0.2, -0.15) is 0 Å². The van der Waals surface area contributed by atoms with E-state index in [2.05, 4.69) is 10.5 Å². The number of hydrogen-bond acceptors (Lipinski definition) is 6. The van der Waals surface area contributed by atoms with E-state index in [0.29, 0.717) is 30.1 Å². The third-order valence-electron chi connectivity index (χ3n) is 4.79. The Labute approximate surface area is 159 Å². The molecule has 0 bridgehead atoms. The number of methoxy groups -OCH3 is 2. The summed E-state index contributed by atoms with van der Waals surface area (Å²) >= 11 is 0. The smallest absolute Gasteiger partial charge is 0.220 e. The fourth-order valence-corrected chi connectivity index (χ4v) is 3.36. The highest BCUT2D eigenvalue weighted by molar-refractivity contribution is 5.76. The van der Waals surface area contributed by atoms with Gasteiger partial charge in [0.25, 0.3) is 0 Å². The molecule has 0 unspecified atom stereocenters. The highest BCUT2D eigenvalue weighted by atomic mass is 16.5. The van der Waals surface area contributed by atoms with Gasteiger partial charge in [0.05, 0.1) is 26.5 Å². The summed E-state index contributed by atoms with van der Waals surface area (Å²) < 4.78 is 21.9. The SMILES string of the molecule is COc1cccc(OC2CCC(NC(=O)CCc3ccno3)CC2)c1OC. The maximum absolute atomic E-state index is 12.1. The fourth-order valence-electron chi connectivity index (χ4n) is 3.36. The highest BCUT2D eigenvalue weighted by Gasteiger charge is 2.25. The second-order valence-electron chi connectivity index (χ2n) is 6.63. The Morgan fingerprint density at radius 2 is 1.93 bits per heavy atom. The van der Waals surface area contributed by atoms with Crippen molar-refractivity contribution >= 4 is 5.91 Å². The number of nitrogens with zero attached hydrogens (tertiary/aromatic N) is 1. The number of rotatable bonds is 8. The van der Waals surface area contributed by atoms with E-state index in [0.717, 1.165) is 31.4 Å². The van der Waals surface area contributed by atoms with Gasteiger partial charge in [-0.3, -0.25) is 4.79 Å². The minimum absolute atomic E-state index is 0.0465. The number of nitrogens with one attached hydrogen (secondary N) is 1. The average molecular weight is 374 g/mol. The third-order valence-corrected chi connectivity index (χ3v) is 4.79. The zero-order valence-electron chi connectivity index (χ0n) is 15.8. The number of amides is 1. The van der Waals surface area contributed by atoms with Crippen LogP contribution in [0.25, 0.3) is 0 Å². The highest BCUT2D eigenvalue weighted by Crippen LogP contribution is 2.38. The standard InChI is InChI=1S/C20H26N2O5/c1-24-17-4-3-5-18(20(17)25-2)26-15-8-6-14(7-9-15)22-19(23)11-10-16-12-13-21-27-16/h3-5,12-15H,6-11H2,1-2H3,(H,22,23). The Hall–Kier alpha value is -2.70. The molecule has 0 spiro atoms. The van der Waals surface area contributed by atoms with Crippen molar-refractivity contribution in [2.24, 2.45) is 0 Å². The second kappa shape index (κ2) is 9.30. The number of aryl methyl sites for hydroxylation is 1. The van der Waals surface area contributed by atoms with Crippen molar-refractivity contribution in [3.63, 3.8) is 0 Å². The van der Waals surface area contributed by atoms with E-state index in [4.69, 9.17) is 18.7 Å². The van der Waals surface area contributed by atoms with Crippen LogP contribution >= 0.6 is 0 Å². The van der Waals surface area contributed by atoms with Gasteiger partial charge < -0.3 is 24.1 Å². The lowest BCUT2D eigenvalue weighted by atomic mass is 9.92. The summed E-state index contributed by atoms with van der Waals surface area (Å²) in [5, 5.41) is 6.75. The lowest BCUT2D eigenvalue weighted by Crippen LogP contribution is -2.39. The molecule has 1 aromatic heterocycles. The summed E-state index contributed by atoms with van der Waals surface area (Å²) in [6.07, 6.45) is 6.23. The molecule has 1 N–H and O–H groups in total. The zero-order valence-corrected chi connectivity index (χ0v) is 15.8. The van der Waals surface area contributed by atoms with Crippen molar-refractivity contribution in [1.82, 2.24) is 10.5 Å². The Kier molecular flexibility index (Phi) is 6.57. The van der Waals surface area contributed by atoms with E-state index in [1.54, 1.807) is 26.5 Å². The molecule has 7 heteroatoms. The van der Waals surface area contributed by atoms with Gasteiger partial charge >= 0.3 is 0 Å². The van der Waals surface area contributed by atoms with Crippen molar-refractivity contribution in [3.05, 3.63) is 36.2 Å². The van der Waals surface area contributed by atoms with Crippen molar-refractivity contribution < 1.29 is 23.5 Å². The maximum atomic E-state index is 12.1. The molecule has 0 aliphatic heterocycles.